The van der Waals surface area contributed by atoms with Crippen molar-refractivity contribution in [3.05, 3.63) is 41.6 Å². The second kappa shape index (κ2) is 7.00. The lowest BCUT2D eigenvalue weighted by Gasteiger charge is -2.47. The maximum atomic E-state index is 15.1. The summed E-state index contributed by atoms with van der Waals surface area (Å²) in [5.41, 5.74) is 0.782. The number of alkyl halides is 1. The van der Waals surface area contributed by atoms with Crippen LogP contribution >= 0.6 is 11.3 Å². The van der Waals surface area contributed by atoms with E-state index in [4.69, 9.17) is 0 Å². The Morgan fingerprint density at radius 2 is 2.31 bits per heavy atom. The lowest BCUT2D eigenvalue weighted by molar-refractivity contribution is 0.0993. The van der Waals surface area contributed by atoms with Crippen LogP contribution in [0, 0.1) is 0 Å². The normalized spacial score (nSPS) is 28.0. The summed E-state index contributed by atoms with van der Waals surface area (Å²) in [5, 5.41) is 23.5. The molecule has 3 atom stereocenters. The Morgan fingerprint density at radius 3 is 3.10 bits per heavy atom. The molecule has 1 unspecified atom stereocenters. The van der Waals surface area contributed by atoms with Gasteiger partial charge < -0.3 is 10.4 Å². The Hall–Kier alpha value is -2.65. The van der Waals surface area contributed by atoms with Crippen molar-refractivity contribution < 1.29 is 9.50 Å². The lowest BCUT2D eigenvalue weighted by Crippen LogP contribution is -2.61. The molecule has 3 aromatic rings. The summed E-state index contributed by atoms with van der Waals surface area (Å²) >= 11 is 1.32. The summed E-state index contributed by atoms with van der Waals surface area (Å²) in [6.07, 6.45) is 11.0. The van der Waals surface area contributed by atoms with Crippen molar-refractivity contribution in [2.24, 2.45) is 0 Å². The number of hydrogen-bond donors (Lipinski definition) is 2. The van der Waals surface area contributed by atoms with Crippen LogP contribution in [0.15, 0.2) is 36.6 Å². The highest BCUT2D eigenvalue weighted by Crippen LogP contribution is 2.40. The summed E-state index contributed by atoms with van der Waals surface area (Å²) in [5.74, 6) is 0.622. The van der Waals surface area contributed by atoms with Gasteiger partial charge in [-0.05, 0) is 44.3 Å². The zero-order chi connectivity index (χ0) is 20.0. The van der Waals surface area contributed by atoms with Crippen LogP contribution < -0.4 is 5.32 Å². The van der Waals surface area contributed by atoms with Crippen LogP contribution in [-0.4, -0.2) is 47.6 Å². The van der Waals surface area contributed by atoms with Gasteiger partial charge in [-0.3, -0.25) is 4.57 Å². The summed E-state index contributed by atoms with van der Waals surface area (Å²) in [7, 11) is 0. The summed E-state index contributed by atoms with van der Waals surface area (Å²) in [4.78, 5) is 8.34. The monoisotopic (exact) mass is 412 g/mol. The number of hydrogen-bond acceptors (Lipinski definition) is 7. The highest BCUT2D eigenvalue weighted by atomic mass is 32.1. The van der Waals surface area contributed by atoms with E-state index >= 15 is 4.39 Å². The quantitative estimate of drug-likeness (QED) is 0.684. The summed E-state index contributed by atoms with van der Waals surface area (Å²) < 4.78 is 16.8. The first-order valence-corrected chi connectivity index (χ1v) is 10.5. The van der Waals surface area contributed by atoms with Gasteiger partial charge in [-0.2, -0.15) is 0 Å². The molecule has 9 heteroatoms. The molecular weight excluding hydrogens is 391 g/mol. The van der Waals surface area contributed by atoms with Gasteiger partial charge in [0.25, 0.3) is 0 Å². The third-order valence-corrected chi connectivity index (χ3v) is 6.67. The molecule has 0 saturated carbocycles. The van der Waals surface area contributed by atoms with Gasteiger partial charge in [0.1, 0.15) is 29.1 Å². The topological polar surface area (TPSA) is 88.8 Å². The number of nitrogens with one attached hydrogen (secondary N) is 1. The Kier molecular flexibility index (Phi) is 4.44. The maximum Gasteiger partial charge on any atom is 0.153 e. The van der Waals surface area contributed by atoms with E-state index in [-0.39, 0.29) is 5.75 Å². The fraction of sp³-hybridized carbons (Fsp3) is 0.400. The Labute approximate surface area is 171 Å². The average molecular weight is 412 g/mol. The van der Waals surface area contributed by atoms with Crippen LogP contribution in [0.5, 0.6) is 5.75 Å². The molecule has 2 aliphatic rings. The predicted molar refractivity (Wildman–Crippen MR) is 109 cm³/mol. The smallest absolute Gasteiger partial charge is 0.153 e. The second-order valence-corrected chi connectivity index (χ2v) is 8.92. The van der Waals surface area contributed by atoms with E-state index in [0.717, 1.165) is 24.8 Å². The zero-order valence-electron chi connectivity index (χ0n) is 15.9. The molecule has 5 rings (SSSR count). The molecule has 2 N–H and O–H groups in total. The summed E-state index contributed by atoms with van der Waals surface area (Å²) in [6, 6.07) is 1.88. The van der Waals surface area contributed by atoms with Crippen molar-refractivity contribution in [2.75, 3.05) is 0 Å². The number of imidazole rings is 1. The maximum absolute atomic E-state index is 15.1. The molecule has 0 radical (unpaired) electrons. The van der Waals surface area contributed by atoms with E-state index in [2.05, 4.69) is 25.5 Å². The van der Waals surface area contributed by atoms with Crippen molar-refractivity contribution in [1.29, 1.82) is 0 Å². The average Bonchev–Trinajstić information content (AvgIpc) is 3.38. The fourth-order valence-electron chi connectivity index (χ4n) is 4.30. The third-order valence-electron chi connectivity index (χ3n) is 5.77. The molecule has 2 aliphatic heterocycles. The van der Waals surface area contributed by atoms with Crippen LogP contribution in [0.1, 0.15) is 37.6 Å². The Morgan fingerprint density at radius 1 is 1.41 bits per heavy atom. The Balaban J connectivity index is 1.42. The highest BCUT2D eigenvalue weighted by Gasteiger charge is 2.45. The van der Waals surface area contributed by atoms with E-state index in [9.17, 15) is 5.11 Å². The standard InChI is InChI=1S/C20H21FN6OS/c1-20-4-2-3-13(24-20)7-12(18(20)21)8-17-25-26-19(29-17)14-10-23-16(9-15(14)28)27-6-5-22-11-27/h5-6,8-11,13,18,24H,2-4,7H2,1H3,(H,23,28)/b12-8+/t13?,18-,20-/m0/s1. The molecule has 0 spiro atoms. The number of fused-ring (bicyclic) bond motifs is 2. The third kappa shape index (κ3) is 3.34. The molecule has 2 saturated heterocycles. The first-order valence-electron chi connectivity index (χ1n) is 9.65. The molecule has 7 nitrogen and oxygen atoms in total. The minimum absolute atomic E-state index is 0.0614. The van der Waals surface area contributed by atoms with Crippen LogP contribution in [0.25, 0.3) is 22.5 Å². The van der Waals surface area contributed by atoms with Gasteiger partial charge in [-0.15, -0.1) is 10.2 Å². The SMILES string of the molecule is C[C@]12CCCC(C/C(=C\c3nnc(-c4cnc(-n5ccnc5)cc4O)s3)[C@@H]1F)N2. The van der Waals surface area contributed by atoms with Crippen LogP contribution in [0.4, 0.5) is 4.39 Å². The molecule has 0 aromatic carbocycles. The molecule has 3 aromatic heterocycles. The molecule has 150 valence electrons. The first kappa shape index (κ1) is 18.4. The first-order chi connectivity index (χ1) is 14.0. The molecule has 5 heterocycles. The van der Waals surface area contributed by atoms with Crippen molar-refractivity contribution in [2.45, 2.75) is 50.4 Å². The van der Waals surface area contributed by atoms with Gasteiger partial charge in [0.2, 0.25) is 0 Å². The van der Waals surface area contributed by atoms with Gasteiger partial charge >= 0.3 is 0 Å². The van der Waals surface area contributed by atoms with Gasteiger partial charge in [0.15, 0.2) is 5.01 Å². The van der Waals surface area contributed by atoms with E-state index < -0.39 is 11.7 Å². The van der Waals surface area contributed by atoms with E-state index in [1.54, 1.807) is 35.6 Å². The number of piperidine rings is 2. The molecule has 0 amide bonds. The molecule has 0 aliphatic carbocycles. The largest absolute Gasteiger partial charge is 0.507 e. The van der Waals surface area contributed by atoms with Crippen LogP contribution in [0.2, 0.25) is 0 Å². The summed E-state index contributed by atoms with van der Waals surface area (Å²) in [6.45, 7) is 1.97. The number of aromatic hydroxyl groups is 1. The number of halogens is 1. The Bertz CT molecular complexity index is 1060. The van der Waals surface area contributed by atoms with Crippen molar-refractivity contribution >= 4 is 17.4 Å². The van der Waals surface area contributed by atoms with E-state index in [1.807, 2.05) is 13.0 Å². The highest BCUT2D eigenvalue weighted by molar-refractivity contribution is 7.15. The lowest BCUT2D eigenvalue weighted by atomic mass is 9.74. The van der Waals surface area contributed by atoms with Crippen molar-refractivity contribution in [3.8, 4) is 22.1 Å². The molecule has 2 fully saturated rings. The van der Waals surface area contributed by atoms with Crippen LogP contribution in [-0.2, 0) is 0 Å². The van der Waals surface area contributed by atoms with Crippen LogP contribution in [0.3, 0.4) is 0 Å². The predicted octanol–water partition coefficient (Wildman–Crippen LogP) is 3.52. The van der Waals surface area contributed by atoms with Gasteiger partial charge in [-0.1, -0.05) is 11.3 Å². The number of rotatable bonds is 3. The zero-order valence-corrected chi connectivity index (χ0v) is 16.7. The molecule has 29 heavy (non-hydrogen) atoms. The van der Waals surface area contributed by atoms with Gasteiger partial charge in [0, 0.05) is 30.7 Å². The second-order valence-electron chi connectivity index (χ2n) is 7.91. The minimum Gasteiger partial charge on any atom is -0.507 e. The molecule has 2 bridgehead atoms. The van der Waals surface area contributed by atoms with E-state index in [1.165, 1.54) is 11.3 Å². The van der Waals surface area contributed by atoms with Gasteiger partial charge in [-0.25, -0.2) is 14.4 Å². The molecular formula is C20H21FN6OS. The van der Waals surface area contributed by atoms with Crippen molar-refractivity contribution in [3.63, 3.8) is 0 Å². The fourth-order valence-corrected chi connectivity index (χ4v) is 5.14. The minimum atomic E-state index is -1.03. The van der Waals surface area contributed by atoms with Gasteiger partial charge in [0.05, 0.1) is 11.1 Å². The van der Waals surface area contributed by atoms with Crippen molar-refractivity contribution in [1.82, 2.24) is 30.0 Å². The number of nitrogens with zero attached hydrogens (tertiary/aromatic N) is 5. The number of pyridine rings is 1. The van der Waals surface area contributed by atoms with E-state index in [0.29, 0.717) is 33.9 Å². The number of aromatic nitrogens is 5.